The monoisotopic (exact) mass is 691 g/mol. The molecule has 9 heteroatoms. The Bertz CT molecular complexity index is 1870. The van der Waals surface area contributed by atoms with E-state index in [9.17, 15) is 5.11 Å². The predicted molar refractivity (Wildman–Crippen MR) is 186 cm³/mol. The maximum Gasteiger partial charge on any atom is 0.231 e. The molecule has 8 aliphatic rings. The quantitative estimate of drug-likeness (QED) is 0.275. The van der Waals surface area contributed by atoms with Crippen LogP contribution in [0.1, 0.15) is 87.0 Å². The summed E-state index contributed by atoms with van der Waals surface area (Å²) < 4.78 is 39.6. The van der Waals surface area contributed by atoms with E-state index in [1.54, 1.807) is 5.57 Å². The molecule has 1 aromatic heterocycles. The number of fused-ring (bicyclic) bond motifs is 9. The number of terminal acetylenes is 1. The molecule has 3 aromatic rings. The zero-order valence-electron chi connectivity index (χ0n) is 29.3. The number of hydrogen-bond donors (Lipinski definition) is 1. The molecule has 4 aliphatic carbocycles. The van der Waals surface area contributed by atoms with Gasteiger partial charge in [0.2, 0.25) is 13.6 Å². The van der Waals surface area contributed by atoms with Crippen molar-refractivity contribution in [3.8, 4) is 35.3 Å². The Morgan fingerprint density at radius 2 is 1.41 bits per heavy atom. The highest BCUT2D eigenvalue weighted by atomic mass is 16.7. The maximum atomic E-state index is 11.1. The molecular weight excluding hydrogens is 646 g/mol. The van der Waals surface area contributed by atoms with Crippen LogP contribution in [0.15, 0.2) is 52.7 Å². The SMILES string of the molecule is C#CC1(O)CCC2C3CCC4=Cc5oncc5CC4(C)C3CCC21C.c1cc2c(cc1C1OCC3C(c4ccc5c(c4)OCO5)OCC13)OCO2. The molecule has 10 atom stereocenters. The second kappa shape index (κ2) is 11.5. The second-order valence-corrected chi connectivity index (χ2v) is 16.5. The molecular formula is C42H45NO8. The number of rotatable bonds is 2. The highest BCUT2D eigenvalue weighted by Crippen LogP contribution is 2.67. The maximum absolute atomic E-state index is 11.1. The van der Waals surface area contributed by atoms with Crippen LogP contribution in [0.2, 0.25) is 0 Å². The normalized spacial score (nSPS) is 39.0. The first-order chi connectivity index (χ1) is 24.8. The Kier molecular flexibility index (Phi) is 7.17. The molecule has 266 valence electrons. The zero-order chi connectivity index (χ0) is 34.5. The molecule has 0 amide bonds. The van der Waals surface area contributed by atoms with Crippen LogP contribution in [0.5, 0.6) is 23.0 Å². The molecule has 5 fully saturated rings. The highest BCUT2D eigenvalue weighted by Gasteiger charge is 2.63. The smallest absolute Gasteiger partial charge is 0.231 e. The fraction of sp³-hybridized carbons (Fsp3) is 0.548. The predicted octanol–water partition coefficient (Wildman–Crippen LogP) is 7.44. The van der Waals surface area contributed by atoms with Crippen LogP contribution in [0.4, 0.5) is 0 Å². The molecule has 10 unspecified atom stereocenters. The molecule has 9 nitrogen and oxygen atoms in total. The van der Waals surface area contributed by atoms with Gasteiger partial charge in [0.05, 0.1) is 31.6 Å². The van der Waals surface area contributed by atoms with Gasteiger partial charge in [-0.05, 0) is 110 Å². The molecule has 2 aromatic carbocycles. The van der Waals surface area contributed by atoms with Crippen molar-refractivity contribution >= 4 is 6.08 Å². The molecule has 0 radical (unpaired) electrons. The van der Waals surface area contributed by atoms with E-state index in [1.807, 2.05) is 30.5 Å². The summed E-state index contributed by atoms with van der Waals surface area (Å²) in [5.74, 6) is 9.46. The van der Waals surface area contributed by atoms with Crippen LogP contribution in [0, 0.1) is 52.8 Å². The first-order valence-electron chi connectivity index (χ1n) is 18.6. The number of aliphatic hydroxyl groups is 1. The zero-order valence-corrected chi connectivity index (χ0v) is 29.3. The van der Waals surface area contributed by atoms with E-state index in [4.69, 9.17) is 39.4 Å². The third-order valence-electron chi connectivity index (χ3n) is 14.4. The number of hydrogen-bond acceptors (Lipinski definition) is 9. The number of benzene rings is 2. The summed E-state index contributed by atoms with van der Waals surface area (Å²) >= 11 is 0. The fourth-order valence-corrected chi connectivity index (χ4v) is 11.6. The summed E-state index contributed by atoms with van der Waals surface area (Å²) in [6, 6.07) is 12.1. The van der Waals surface area contributed by atoms with Gasteiger partial charge < -0.3 is 38.1 Å². The largest absolute Gasteiger partial charge is 0.454 e. The van der Waals surface area contributed by atoms with Crippen LogP contribution >= 0.6 is 0 Å². The average Bonchev–Trinajstić information content (AvgIpc) is 3.99. The average molecular weight is 692 g/mol. The van der Waals surface area contributed by atoms with Crippen molar-refractivity contribution in [1.29, 1.82) is 0 Å². The molecule has 0 spiro atoms. The topological polar surface area (TPSA) is 102 Å². The molecule has 11 rings (SSSR count). The standard InChI is InChI=1S/C22H27NO2.C20H18O6/c1-4-22(24)10-8-18-16-6-5-15-11-19-14(13-23-25-19)12-20(15,2)17(16)7-9-21(18,22)3;1-3-15-17(25-9-23-15)5-11(1)19-13-7-22-20(14(13)8-21-19)12-2-4-16-18(6-12)26-10-24-16/h1,11,13,16-18,24H,5-10,12H2,2-3H3;1-6,13-14,19-20H,7-10H2. The summed E-state index contributed by atoms with van der Waals surface area (Å²) in [6.45, 7) is 6.65. The van der Waals surface area contributed by atoms with Crippen molar-refractivity contribution in [1.82, 2.24) is 5.16 Å². The van der Waals surface area contributed by atoms with Crippen LogP contribution in [-0.4, -0.2) is 42.7 Å². The van der Waals surface area contributed by atoms with E-state index in [0.717, 1.165) is 78.4 Å². The van der Waals surface area contributed by atoms with Gasteiger partial charge in [-0.25, -0.2) is 0 Å². The van der Waals surface area contributed by atoms with Gasteiger partial charge in [0, 0.05) is 22.8 Å². The van der Waals surface area contributed by atoms with E-state index >= 15 is 0 Å². The van der Waals surface area contributed by atoms with Gasteiger partial charge in [-0.15, -0.1) is 6.42 Å². The molecule has 3 saturated carbocycles. The minimum Gasteiger partial charge on any atom is -0.454 e. The summed E-state index contributed by atoms with van der Waals surface area (Å²) in [7, 11) is 0. The first kappa shape index (κ1) is 31.7. The van der Waals surface area contributed by atoms with Crippen LogP contribution in [-0.2, 0) is 15.9 Å². The van der Waals surface area contributed by atoms with Gasteiger partial charge in [-0.3, -0.25) is 0 Å². The van der Waals surface area contributed by atoms with Crippen LogP contribution < -0.4 is 18.9 Å². The van der Waals surface area contributed by atoms with Crippen molar-refractivity contribution in [2.45, 2.75) is 76.6 Å². The van der Waals surface area contributed by atoms with Gasteiger partial charge in [0.1, 0.15) is 5.60 Å². The number of aromatic nitrogens is 1. The summed E-state index contributed by atoms with van der Waals surface area (Å²) in [4.78, 5) is 0. The molecule has 4 aliphatic heterocycles. The molecule has 0 bridgehead atoms. The third kappa shape index (κ3) is 4.68. The van der Waals surface area contributed by atoms with E-state index in [0.29, 0.717) is 42.8 Å². The Morgan fingerprint density at radius 1 is 0.784 bits per heavy atom. The summed E-state index contributed by atoms with van der Waals surface area (Å²) in [6.07, 6.45) is 17.4. The van der Waals surface area contributed by atoms with Gasteiger partial charge in [0.25, 0.3) is 0 Å². The first-order valence-corrected chi connectivity index (χ1v) is 18.6. The van der Waals surface area contributed by atoms with Gasteiger partial charge >= 0.3 is 0 Å². The number of nitrogens with zero attached hydrogens (tertiary/aromatic N) is 1. The van der Waals surface area contributed by atoms with E-state index in [2.05, 4.69) is 43.1 Å². The van der Waals surface area contributed by atoms with Gasteiger partial charge in [-0.1, -0.05) is 42.6 Å². The Balaban J connectivity index is 0.000000128. The van der Waals surface area contributed by atoms with Crippen molar-refractivity contribution < 1.29 is 38.1 Å². The van der Waals surface area contributed by atoms with Gasteiger partial charge in [0.15, 0.2) is 28.8 Å². The molecule has 5 heterocycles. The van der Waals surface area contributed by atoms with E-state index < -0.39 is 5.60 Å². The lowest BCUT2D eigenvalue weighted by Gasteiger charge is -2.58. The number of allylic oxidation sites excluding steroid dienone is 1. The van der Waals surface area contributed by atoms with Gasteiger partial charge in [-0.2, -0.15) is 0 Å². The van der Waals surface area contributed by atoms with Crippen molar-refractivity contribution in [2.75, 3.05) is 26.8 Å². The minimum absolute atomic E-state index is 0.0218. The van der Waals surface area contributed by atoms with Crippen molar-refractivity contribution in [3.05, 3.63) is 70.6 Å². The molecule has 51 heavy (non-hydrogen) atoms. The Hall–Kier alpha value is -3.97. The molecule has 2 saturated heterocycles. The third-order valence-corrected chi connectivity index (χ3v) is 14.4. The molecule has 1 N–H and O–H groups in total. The van der Waals surface area contributed by atoms with Crippen LogP contribution in [0.25, 0.3) is 6.08 Å². The van der Waals surface area contributed by atoms with Crippen molar-refractivity contribution in [2.24, 2.45) is 40.4 Å². The highest BCUT2D eigenvalue weighted by molar-refractivity contribution is 5.57. The number of ether oxygens (including phenoxy) is 6. The lowest BCUT2D eigenvalue weighted by molar-refractivity contribution is -0.0975. The van der Waals surface area contributed by atoms with E-state index in [1.165, 1.54) is 12.0 Å². The van der Waals surface area contributed by atoms with Crippen molar-refractivity contribution in [3.63, 3.8) is 0 Å². The Labute approximate surface area is 298 Å². The summed E-state index contributed by atoms with van der Waals surface area (Å²) in [5.41, 5.74) is 4.23. The lowest BCUT2D eigenvalue weighted by atomic mass is 9.46. The summed E-state index contributed by atoms with van der Waals surface area (Å²) in [5, 5.41) is 15.1. The lowest BCUT2D eigenvalue weighted by Crippen LogP contribution is -2.54. The Morgan fingerprint density at radius 3 is 2.06 bits per heavy atom. The second-order valence-electron chi connectivity index (χ2n) is 16.5. The fourth-order valence-electron chi connectivity index (χ4n) is 11.6. The minimum atomic E-state index is -0.909. The van der Waals surface area contributed by atoms with E-state index in [-0.39, 0.29) is 36.6 Å². The van der Waals surface area contributed by atoms with Crippen LogP contribution in [0.3, 0.4) is 0 Å².